The lowest BCUT2D eigenvalue weighted by Gasteiger charge is -2.23. The summed E-state index contributed by atoms with van der Waals surface area (Å²) in [5.41, 5.74) is 1.07. The summed E-state index contributed by atoms with van der Waals surface area (Å²) >= 11 is 0. The highest BCUT2D eigenvalue weighted by Crippen LogP contribution is 2.21. The van der Waals surface area contributed by atoms with E-state index in [0.717, 1.165) is 30.5 Å². The monoisotopic (exact) mass is 519 g/mol. The zero-order valence-corrected chi connectivity index (χ0v) is 20.8. The van der Waals surface area contributed by atoms with E-state index in [-0.39, 0.29) is 41.7 Å². The van der Waals surface area contributed by atoms with Gasteiger partial charge in [-0.2, -0.15) is 4.98 Å². The number of carbonyl (C=O) groups is 1. The minimum Gasteiger partial charge on any atom is -0.381 e. The number of hydrogen-bond donors (Lipinski definition) is 2. The molecule has 196 valence electrons. The molecule has 1 aliphatic rings. The van der Waals surface area contributed by atoms with Gasteiger partial charge in [0.05, 0.1) is 12.6 Å². The second kappa shape index (κ2) is 11.1. The third-order valence-electron chi connectivity index (χ3n) is 6.68. The number of nitrogens with zero attached hydrogens (tertiary/aromatic N) is 3. The van der Waals surface area contributed by atoms with Crippen LogP contribution >= 0.6 is 0 Å². The Bertz CT molecular complexity index is 1500. The fourth-order valence-corrected chi connectivity index (χ4v) is 4.45. The summed E-state index contributed by atoms with van der Waals surface area (Å²) in [5.74, 6) is -1.34. The summed E-state index contributed by atoms with van der Waals surface area (Å²) in [4.78, 5) is 34.0. The normalized spacial score (nSPS) is 14.8. The third-order valence-corrected chi connectivity index (χ3v) is 6.68. The number of halogens is 2. The highest BCUT2D eigenvalue weighted by Gasteiger charge is 2.18. The number of nitrogens with one attached hydrogen (secondary N) is 2. The molecule has 1 atom stereocenters. The summed E-state index contributed by atoms with van der Waals surface area (Å²) in [7, 11) is 0. The van der Waals surface area contributed by atoms with E-state index in [9.17, 15) is 18.4 Å². The molecule has 0 radical (unpaired) electrons. The molecular weight excluding hydrogens is 492 g/mol. The Labute approximate surface area is 217 Å². The summed E-state index contributed by atoms with van der Waals surface area (Å²) in [5, 5.41) is 6.80. The number of amides is 1. The first-order valence-corrected chi connectivity index (χ1v) is 12.4. The van der Waals surface area contributed by atoms with Crippen LogP contribution in [0.5, 0.6) is 0 Å². The van der Waals surface area contributed by atoms with Gasteiger partial charge in [-0.3, -0.25) is 14.2 Å². The molecule has 1 aliphatic heterocycles. The number of benzene rings is 2. The second-order valence-electron chi connectivity index (χ2n) is 9.28. The van der Waals surface area contributed by atoms with Crippen LogP contribution in [0.4, 0.5) is 14.7 Å². The third kappa shape index (κ3) is 5.55. The molecule has 0 unspecified atom stereocenters. The van der Waals surface area contributed by atoms with Crippen molar-refractivity contribution in [2.24, 2.45) is 0 Å². The van der Waals surface area contributed by atoms with Gasteiger partial charge in [0, 0.05) is 48.0 Å². The molecule has 4 aromatic rings. The maximum absolute atomic E-state index is 14.3. The highest BCUT2D eigenvalue weighted by atomic mass is 19.1. The lowest BCUT2D eigenvalue weighted by molar-refractivity contribution is 0.0696. The molecule has 8 nitrogen and oxygen atoms in total. The number of hydrogen-bond acceptors (Lipinski definition) is 6. The Hall–Kier alpha value is -4.18. The number of aromatic nitrogens is 3. The van der Waals surface area contributed by atoms with Gasteiger partial charge in [-0.15, -0.1) is 0 Å². The molecule has 10 heteroatoms. The number of carbonyl (C=O) groups excluding carboxylic acids is 1. The van der Waals surface area contributed by atoms with Crippen molar-refractivity contribution < 1.29 is 18.3 Å². The molecule has 2 aromatic carbocycles. The first-order chi connectivity index (χ1) is 18.4. The van der Waals surface area contributed by atoms with Gasteiger partial charge in [0.2, 0.25) is 5.95 Å². The van der Waals surface area contributed by atoms with Crippen LogP contribution in [-0.4, -0.2) is 39.7 Å². The van der Waals surface area contributed by atoms with E-state index >= 15 is 0 Å². The second-order valence-corrected chi connectivity index (χ2v) is 9.28. The fraction of sp³-hybridized carbons (Fsp3) is 0.286. The molecule has 0 bridgehead atoms. The van der Waals surface area contributed by atoms with Gasteiger partial charge in [-0.25, -0.2) is 13.8 Å². The van der Waals surface area contributed by atoms with Gasteiger partial charge in [0.25, 0.3) is 11.5 Å². The first-order valence-electron chi connectivity index (χ1n) is 12.4. The van der Waals surface area contributed by atoms with Crippen molar-refractivity contribution in [3.8, 4) is 0 Å². The zero-order chi connectivity index (χ0) is 26.6. The Morgan fingerprint density at radius 3 is 2.50 bits per heavy atom. The van der Waals surface area contributed by atoms with E-state index in [4.69, 9.17) is 4.74 Å². The molecule has 2 N–H and O–H groups in total. The Morgan fingerprint density at radius 2 is 1.79 bits per heavy atom. The minimum atomic E-state index is -0.736. The van der Waals surface area contributed by atoms with Gasteiger partial charge in [0.15, 0.2) is 0 Å². The average Bonchev–Trinajstić information content (AvgIpc) is 2.92. The topological polar surface area (TPSA) is 98.1 Å². The molecule has 1 fully saturated rings. The lowest BCUT2D eigenvalue weighted by Crippen LogP contribution is -2.38. The van der Waals surface area contributed by atoms with Crippen molar-refractivity contribution in [1.82, 2.24) is 19.9 Å². The van der Waals surface area contributed by atoms with Crippen molar-refractivity contribution in [3.63, 3.8) is 0 Å². The molecule has 5 rings (SSSR count). The number of anilines is 1. The standard InChI is InChI=1S/C28H27F2N5O3/c1-17(18-5-7-19(8-6-18)27(37)33-21-11-13-38-14-12-21)32-28-31-15-20-9-10-25(36)35(26(20)34-28)16-22-23(29)3-2-4-24(22)30/h2-10,15,17,21H,11-14,16H2,1H3,(H,33,37)(H,31,32,34)/t17-/m0/s1. The smallest absolute Gasteiger partial charge is 0.252 e. The van der Waals surface area contributed by atoms with E-state index in [1.54, 1.807) is 24.4 Å². The van der Waals surface area contributed by atoms with Crippen LogP contribution in [-0.2, 0) is 11.3 Å². The molecule has 3 heterocycles. The zero-order valence-electron chi connectivity index (χ0n) is 20.8. The maximum atomic E-state index is 14.3. The van der Waals surface area contributed by atoms with E-state index in [2.05, 4.69) is 20.6 Å². The molecule has 0 spiro atoms. The molecule has 0 aliphatic carbocycles. The quantitative estimate of drug-likeness (QED) is 0.380. The van der Waals surface area contributed by atoms with Gasteiger partial charge >= 0.3 is 0 Å². The van der Waals surface area contributed by atoms with Crippen molar-refractivity contribution >= 4 is 22.9 Å². The fourth-order valence-electron chi connectivity index (χ4n) is 4.45. The van der Waals surface area contributed by atoms with Crippen LogP contribution in [0.15, 0.2) is 65.6 Å². The number of ether oxygens (including phenoxy) is 1. The molecular formula is C28H27F2N5O3. The van der Waals surface area contributed by atoms with Crippen molar-refractivity contribution in [2.75, 3.05) is 18.5 Å². The number of fused-ring (bicyclic) bond motifs is 1. The first kappa shape index (κ1) is 25.5. The summed E-state index contributed by atoms with van der Waals surface area (Å²) in [6.07, 6.45) is 3.16. The Balaban J connectivity index is 1.33. The van der Waals surface area contributed by atoms with Gasteiger partial charge < -0.3 is 15.4 Å². The maximum Gasteiger partial charge on any atom is 0.252 e. The highest BCUT2D eigenvalue weighted by molar-refractivity contribution is 5.94. The average molecular weight is 520 g/mol. The van der Waals surface area contributed by atoms with E-state index < -0.39 is 17.2 Å². The largest absolute Gasteiger partial charge is 0.381 e. The van der Waals surface area contributed by atoms with Gasteiger partial charge in [-0.1, -0.05) is 18.2 Å². The van der Waals surface area contributed by atoms with Crippen LogP contribution in [0.1, 0.15) is 47.3 Å². The number of rotatable bonds is 7. The van der Waals surface area contributed by atoms with Crippen molar-refractivity contribution in [2.45, 2.75) is 38.4 Å². The molecule has 2 aromatic heterocycles. The van der Waals surface area contributed by atoms with Gasteiger partial charge in [0.1, 0.15) is 17.3 Å². The van der Waals surface area contributed by atoms with Crippen LogP contribution in [0.25, 0.3) is 11.0 Å². The van der Waals surface area contributed by atoms with Crippen LogP contribution in [0.2, 0.25) is 0 Å². The van der Waals surface area contributed by atoms with E-state index in [1.807, 2.05) is 19.1 Å². The van der Waals surface area contributed by atoms with Crippen LogP contribution in [0, 0.1) is 11.6 Å². The summed E-state index contributed by atoms with van der Waals surface area (Å²) in [6.45, 7) is 2.91. The van der Waals surface area contributed by atoms with E-state index in [0.29, 0.717) is 24.2 Å². The predicted molar refractivity (Wildman–Crippen MR) is 139 cm³/mol. The predicted octanol–water partition coefficient (Wildman–Crippen LogP) is 4.20. The van der Waals surface area contributed by atoms with Crippen LogP contribution < -0.4 is 16.2 Å². The minimum absolute atomic E-state index is 0.119. The molecule has 1 saturated heterocycles. The summed E-state index contributed by atoms with van der Waals surface area (Å²) in [6, 6.07) is 13.6. The Kier molecular flexibility index (Phi) is 7.41. The summed E-state index contributed by atoms with van der Waals surface area (Å²) < 4.78 is 35.1. The Morgan fingerprint density at radius 1 is 1.08 bits per heavy atom. The van der Waals surface area contributed by atoms with Crippen LogP contribution in [0.3, 0.4) is 0 Å². The van der Waals surface area contributed by atoms with Gasteiger partial charge in [-0.05, 0) is 55.7 Å². The number of pyridine rings is 1. The van der Waals surface area contributed by atoms with Crippen molar-refractivity contribution in [1.29, 1.82) is 0 Å². The molecule has 38 heavy (non-hydrogen) atoms. The lowest BCUT2D eigenvalue weighted by atomic mass is 10.0. The van der Waals surface area contributed by atoms with Crippen molar-refractivity contribution in [3.05, 3.63) is 99.5 Å². The van der Waals surface area contributed by atoms with E-state index in [1.165, 1.54) is 16.7 Å². The SMILES string of the molecule is C[C@H](Nc1ncc2ccc(=O)n(Cc3c(F)cccc3F)c2n1)c1ccc(C(=O)NC2CCOCC2)cc1. The molecule has 0 saturated carbocycles. The molecule has 1 amide bonds.